The minimum atomic E-state index is -0.392. The van der Waals surface area contributed by atoms with Gasteiger partial charge in [0.1, 0.15) is 0 Å². The summed E-state index contributed by atoms with van der Waals surface area (Å²) in [7, 11) is 0. The van der Waals surface area contributed by atoms with Crippen LogP contribution in [-0.4, -0.2) is 17.7 Å². The van der Waals surface area contributed by atoms with Crippen molar-refractivity contribution in [3.8, 4) is 0 Å². The second-order valence-corrected chi connectivity index (χ2v) is 4.36. The van der Waals surface area contributed by atoms with Crippen molar-refractivity contribution < 1.29 is 14.4 Å². The second kappa shape index (κ2) is 4.31. The van der Waals surface area contributed by atoms with Gasteiger partial charge in [0, 0.05) is 23.9 Å². The number of carbonyl (C=O) groups excluding carboxylic acids is 3. The molecule has 5 nitrogen and oxygen atoms in total. The summed E-state index contributed by atoms with van der Waals surface area (Å²) in [5, 5.41) is 0. The van der Waals surface area contributed by atoms with Crippen LogP contribution in [0.1, 0.15) is 0 Å². The van der Waals surface area contributed by atoms with E-state index in [0.29, 0.717) is 17.1 Å². The normalized spacial score (nSPS) is 17.8. The predicted octanol–water partition coefficient (Wildman–Crippen LogP) is 1.53. The Morgan fingerprint density at radius 1 is 0.750 bits per heavy atom. The van der Waals surface area contributed by atoms with Crippen LogP contribution < -0.4 is 9.80 Å². The topological polar surface area (TPSA) is 57.7 Å². The van der Waals surface area contributed by atoms with Crippen molar-refractivity contribution in [1.82, 2.24) is 0 Å². The molecule has 0 aromatic heterocycles. The quantitative estimate of drug-likeness (QED) is 0.763. The monoisotopic (exact) mass is 266 g/mol. The summed E-state index contributed by atoms with van der Waals surface area (Å²) < 4.78 is 0. The third-order valence-electron chi connectivity index (χ3n) is 3.08. The van der Waals surface area contributed by atoms with Crippen LogP contribution in [0.4, 0.5) is 11.4 Å². The van der Waals surface area contributed by atoms with Crippen LogP contribution in [-0.2, 0) is 14.4 Å². The molecule has 5 heteroatoms. The molecule has 2 heterocycles. The molecule has 1 aromatic carbocycles. The molecule has 2 aliphatic rings. The van der Waals surface area contributed by atoms with E-state index >= 15 is 0 Å². The molecule has 0 atom stereocenters. The summed E-state index contributed by atoms with van der Waals surface area (Å²) in [6, 6.07) is 6.66. The highest BCUT2D eigenvalue weighted by Gasteiger charge is 2.27. The first-order chi connectivity index (χ1) is 9.58. The second-order valence-electron chi connectivity index (χ2n) is 4.36. The number of benzene rings is 1. The van der Waals surface area contributed by atoms with E-state index in [1.807, 2.05) is 0 Å². The molecule has 0 spiro atoms. The molecule has 0 saturated heterocycles. The van der Waals surface area contributed by atoms with Crippen molar-refractivity contribution in [3.63, 3.8) is 0 Å². The molecular weight excluding hydrogens is 256 g/mol. The Kier molecular flexibility index (Phi) is 2.61. The van der Waals surface area contributed by atoms with E-state index in [2.05, 4.69) is 6.58 Å². The van der Waals surface area contributed by atoms with E-state index in [4.69, 9.17) is 0 Å². The van der Waals surface area contributed by atoms with Crippen LogP contribution in [0.15, 0.2) is 60.8 Å². The molecule has 0 unspecified atom stereocenters. The van der Waals surface area contributed by atoms with Gasteiger partial charge in [0.05, 0.1) is 11.4 Å². The molecule has 0 saturated carbocycles. The van der Waals surface area contributed by atoms with Gasteiger partial charge in [-0.25, -0.2) is 4.90 Å². The Balaban J connectivity index is 1.99. The van der Waals surface area contributed by atoms with E-state index in [9.17, 15) is 14.4 Å². The van der Waals surface area contributed by atoms with Crippen molar-refractivity contribution >= 4 is 29.1 Å². The molecule has 2 aliphatic heterocycles. The highest BCUT2D eigenvalue weighted by molar-refractivity contribution is 6.28. The smallest absolute Gasteiger partial charge is 0.258 e. The summed E-state index contributed by atoms with van der Waals surface area (Å²) in [6.07, 6.45) is 5.47. The zero-order chi connectivity index (χ0) is 14.3. The Bertz CT molecular complexity index is 622. The van der Waals surface area contributed by atoms with Crippen LogP contribution in [0.2, 0.25) is 0 Å². The van der Waals surface area contributed by atoms with E-state index in [0.717, 1.165) is 4.90 Å². The van der Waals surface area contributed by atoms with Crippen LogP contribution in [0.25, 0.3) is 0 Å². The highest BCUT2D eigenvalue weighted by Crippen LogP contribution is 2.29. The molecule has 0 radical (unpaired) electrons. The maximum Gasteiger partial charge on any atom is 0.258 e. The lowest BCUT2D eigenvalue weighted by Gasteiger charge is -2.20. The number of hydrogen-bond donors (Lipinski definition) is 0. The van der Waals surface area contributed by atoms with Crippen LogP contribution in [0.5, 0.6) is 0 Å². The molecule has 1 aromatic rings. The predicted molar refractivity (Wildman–Crippen MR) is 73.8 cm³/mol. The van der Waals surface area contributed by atoms with Gasteiger partial charge in [0.25, 0.3) is 17.7 Å². The minimum absolute atomic E-state index is 0.204. The third-order valence-corrected chi connectivity index (χ3v) is 3.08. The standard InChI is InChI=1S/C15H10N2O3/c1-10-5-6-13(18)16(10)11-3-2-4-12(9-11)17-14(19)7-8-15(17)20/h2-9H,1H2. The first kappa shape index (κ1) is 12.1. The molecule has 3 rings (SSSR count). The number of allylic oxidation sites excluding steroid dienone is 1. The van der Waals surface area contributed by atoms with Crippen molar-refractivity contribution in [3.05, 3.63) is 60.8 Å². The Morgan fingerprint density at radius 2 is 1.25 bits per heavy atom. The maximum atomic E-state index is 11.8. The van der Waals surface area contributed by atoms with E-state index in [-0.39, 0.29) is 5.91 Å². The number of amides is 3. The molecule has 20 heavy (non-hydrogen) atoms. The van der Waals surface area contributed by atoms with Gasteiger partial charge in [-0.2, -0.15) is 0 Å². The van der Waals surface area contributed by atoms with Gasteiger partial charge in [0.15, 0.2) is 0 Å². The Morgan fingerprint density at radius 3 is 1.80 bits per heavy atom. The first-order valence-corrected chi connectivity index (χ1v) is 5.95. The van der Waals surface area contributed by atoms with Crippen LogP contribution in [0.3, 0.4) is 0 Å². The number of nitrogens with zero attached hydrogens (tertiary/aromatic N) is 2. The Hall–Kier alpha value is -2.95. The lowest BCUT2D eigenvalue weighted by molar-refractivity contribution is -0.120. The van der Waals surface area contributed by atoms with Gasteiger partial charge in [-0.15, -0.1) is 0 Å². The molecule has 0 N–H and O–H groups in total. The zero-order valence-electron chi connectivity index (χ0n) is 10.4. The molecule has 98 valence electrons. The number of hydrogen-bond acceptors (Lipinski definition) is 3. The van der Waals surface area contributed by atoms with Crippen molar-refractivity contribution in [2.45, 2.75) is 0 Å². The van der Waals surface area contributed by atoms with Gasteiger partial charge in [-0.3, -0.25) is 19.3 Å². The number of imide groups is 1. The van der Waals surface area contributed by atoms with Gasteiger partial charge in [-0.05, 0) is 24.3 Å². The summed E-state index contributed by atoms with van der Waals surface area (Å²) in [5.41, 5.74) is 1.54. The highest BCUT2D eigenvalue weighted by atomic mass is 16.2. The third kappa shape index (κ3) is 1.76. The van der Waals surface area contributed by atoms with Gasteiger partial charge in [0.2, 0.25) is 0 Å². The summed E-state index contributed by atoms with van der Waals surface area (Å²) in [5.74, 6) is -0.988. The van der Waals surface area contributed by atoms with Gasteiger partial charge in [-0.1, -0.05) is 12.6 Å². The maximum absolute atomic E-state index is 11.8. The fourth-order valence-corrected chi connectivity index (χ4v) is 2.18. The fourth-order valence-electron chi connectivity index (χ4n) is 2.18. The minimum Gasteiger partial charge on any atom is -0.278 e. The van der Waals surface area contributed by atoms with E-state index < -0.39 is 11.8 Å². The fraction of sp³-hybridized carbons (Fsp3) is 0. The van der Waals surface area contributed by atoms with Gasteiger partial charge < -0.3 is 0 Å². The van der Waals surface area contributed by atoms with E-state index in [1.54, 1.807) is 30.3 Å². The Labute approximate surface area is 115 Å². The largest absolute Gasteiger partial charge is 0.278 e. The lowest BCUT2D eigenvalue weighted by Crippen LogP contribution is -2.30. The summed E-state index contributed by atoms with van der Waals surface area (Å²) in [4.78, 5) is 37.5. The number of anilines is 2. The lowest BCUT2D eigenvalue weighted by atomic mass is 10.2. The summed E-state index contributed by atoms with van der Waals surface area (Å²) in [6.45, 7) is 3.78. The van der Waals surface area contributed by atoms with E-state index in [1.165, 1.54) is 23.1 Å². The van der Waals surface area contributed by atoms with Gasteiger partial charge >= 0.3 is 0 Å². The van der Waals surface area contributed by atoms with Crippen molar-refractivity contribution in [2.75, 3.05) is 9.80 Å². The molecular formula is C15H10N2O3. The molecule has 0 aliphatic carbocycles. The molecule has 0 fully saturated rings. The molecule has 0 bridgehead atoms. The van der Waals surface area contributed by atoms with Crippen molar-refractivity contribution in [1.29, 1.82) is 0 Å². The van der Waals surface area contributed by atoms with Crippen LogP contribution >= 0.6 is 0 Å². The zero-order valence-corrected chi connectivity index (χ0v) is 10.4. The molecule has 3 amide bonds. The number of carbonyl (C=O) groups is 3. The van der Waals surface area contributed by atoms with Crippen molar-refractivity contribution in [2.24, 2.45) is 0 Å². The SMILES string of the molecule is C=C1C=CC(=O)N1c1cccc(N2C(=O)C=CC2=O)c1. The average molecular weight is 266 g/mol. The van der Waals surface area contributed by atoms with Crippen LogP contribution in [0, 0.1) is 0 Å². The summed E-state index contributed by atoms with van der Waals surface area (Å²) >= 11 is 0. The average Bonchev–Trinajstić information content (AvgIpc) is 2.93. The number of rotatable bonds is 2. The first-order valence-electron chi connectivity index (χ1n) is 5.95.